The van der Waals surface area contributed by atoms with Gasteiger partial charge in [-0.3, -0.25) is 4.79 Å². The van der Waals surface area contributed by atoms with Crippen molar-refractivity contribution in [1.29, 1.82) is 5.26 Å². The van der Waals surface area contributed by atoms with Crippen LogP contribution in [0, 0.1) is 11.3 Å². The topological polar surface area (TPSA) is 98.3 Å². The first-order valence-electron chi connectivity index (χ1n) is 9.45. The second kappa shape index (κ2) is 6.53. The second-order valence-corrected chi connectivity index (χ2v) is 7.14. The Morgan fingerprint density at radius 2 is 2.04 bits per heavy atom. The molecule has 28 heavy (non-hydrogen) atoms. The number of benzene rings is 1. The minimum absolute atomic E-state index is 0.0554. The summed E-state index contributed by atoms with van der Waals surface area (Å²) in [5, 5.41) is 20.1. The standard InChI is InChI=1S/C20H19N7O/c21-11-14-12-22-27-18(10-17(25-20(14)27)26-7-1-2-8-26)23-15-4-5-16-13(9-15)3-6-19(28)24-16/h4-5,9-10,12,23H,1-3,6-8H2,(H,24,28). The fraction of sp³-hybridized carbons (Fsp3) is 0.300. The number of nitriles is 1. The van der Waals surface area contributed by atoms with Crippen molar-refractivity contribution in [2.24, 2.45) is 0 Å². The zero-order chi connectivity index (χ0) is 19.1. The molecular weight excluding hydrogens is 354 g/mol. The van der Waals surface area contributed by atoms with Gasteiger partial charge in [-0.15, -0.1) is 0 Å². The van der Waals surface area contributed by atoms with Crippen LogP contribution in [0.5, 0.6) is 0 Å². The number of rotatable bonds is 3. The van der Waals surface area contributed by atoms with Crippen molar-refractivity contribution < 1.29 is 4.79 Å². The van der Waals surface area contributed by atoms with E-state index in [-0.39, 0.29) is 5.91 Å². The molecule has 0 radical (unpaired) electrons. The number of carbonyl (C=O) groups is 1. The summed E-state index contributed by atoms with van der Waals surface area (Å²) in [4.78, 5) is 18.5. The molecule has 1 saturated heterocycles. The van der Waals surface area contributed by atoms with Crippen LogP contribution in [-0.2, 0) is 11.2 Å². The summed E-state index contributed by atoms with van der Waals surface area (Å²) >= 11 is 0. The largest absolute Gasteiger partial charge is 0.356 e. The number of hydrogen-bond acceptors (Lipinski definition) is 6. The number of carbonyl (C=O) groups excluding carboxylic acids is 1. The molecule has 3 aromatic rings. The van der Waals surface area contributed by atoms with E-state index in [0.29, 0.717) is 17.6 Å². The molecule has 8 heteroatoms. The van der Waals surface area contributed by atoms with Gasteiger partial charge in [-0.1, -0.05) is 0 Å². The van der Waals surface area contributed by atoms with E-state index in [1.807, 2.05) is 24.3 Å². The maximum absolute atomic E-state index is 11.6. The van der Waals surface area contributed by atoms with Crippen LogP contribution in [0.15, 0.2) is 30.5 Å². The molecule has 8 nitrogen and oxygen atoms in total. The molecule has 0 atom stereocenters. The lowest BCUT2D eigenvalue weighted by molar-refractivity contribution is -0.116. The van der Waals surface area contributed by atoms with Crippen molar-refractivity contribution in [2.75, 3.05) is 28.6 Å². The Kier molecular flexibility index (Phi) is 3.86. The zero-order valence-electron chi connectivity index (χ0n) is 15.3. The Labute approximate surface area is 161 Å². The van der Waals surface area contributed by atoms with E-state index in [4.69, 9.17) is 0 Å². The average Bonchev–Trinajstić information content (AvgIpc) is 3.38. The van der Waals surface area contributed by atoms with Crippen LogP contribution in [0.25, 0.3) is 5.65 Å². The molecule has 1 aromatic carbocycles. The van der Waals surface area contributed by atoms with Gasteiger partial charge in [-0.2, -0.15) is 14.9 Å². The number of nitrogens with zero attached hydrogens (tertiary/aromatic N) is 5. The molecule has 0 aliphatic carbocycles. The first-order chi connectivity index (χ1) is 13.7. The molecule has 0 bridgehead atoms. The molecule has 5 rings (SSSR count). The quantitative estimate of drug-likeness (QED) is 0.733. The number of fused-ring (bicyclic) bond motifs is 2. The fourth-order valence-corrected chi connectivity index (χ4v) is 3.84. The monoisotopic (exact) mass is 373 g/mol. The number of amides is 1. The van der Waals surface area contributed by atoms with E-state index in [0.717, 1.165) is 60.9 Å². The summed E-state index contributed by atoms with van der Waals surface area (Å²) in [5.41, 5.74) is 3.89. The van der Waals surface area contributed by atoms with Gasteiger partial charge in [0.15, 0.2) is 5.65 Å². The fourth-order valence-electron chi connectivity index (χ4n) is 3.84. The Balaban J connectivity index is 1.55. The Bertz CT molecular complexity index is 1120. The molecule has 0 unspecified atom stereocenters. The highest BCUT2D eigenvalue weighted by Gasteiger charge is 2.19. The third kappa shape index (κ3) is 2.81. The zero-order valence-corrected chi connectivity index (χ0v) is 15.3. The molecule has 0 saturated carbocycles. The van der Waals surface area contributed by atoms with Crippen LogP contribution in [0.1, 0.15) is 30.4 Å². The number of nitrogens with one attached hydrogen (secondary N) is 2. The van der Waals surface area contributed by atoms with Crippen molar-refractivity contribution in [2.45, 2.75) is 25.7 Å². The summed E-state index contributed by atoms with van der Waals surface area (Å²) in [6, 6.07) is 10.0. The van der Waals surface area contributed by atoms with Crippen LogP contribution >= 0.6 is 0 Å². The molecule has 2 aliphatic rings. The maximum Gasteiger partial charge on any atom is 0.224 e. The number of aryl methyl sites for hydroxylation is 1. The lowest BCUT2D eigenvalue weighted by atomic mass is 10.0. The van der Waals surface area contributed by atoms with Gasteiger partial charge in [0.2, 0.25) is 5.91 Å². The summed E-state index contributed by atoms with van der Waals surface area (Å²) in [6.45, 7) is 1.94. The number of hydrogen-bond donors (Lipinski definition) is 2. The number of aromatic nitrogens is 3. The molecule has 1 amide bonds. The molecule has 140 valence electrons. The highest BCUT2D eigenvalue weighted by molar-refractivity contribution is 5.94. The SMILES string of the molecule is N#Cc1cnn2c(Nc3ccc4c(c3)CCC(=O)N4)cc(N3CCCC3)nc12. The van der Waals surface area contributed by atoms with E-state index in [1.165, 1.54) is 0 Å². The Morgan fingerprint density at radius 1 is 1.18 bits per heavy atom. The van der Waals surface area contributed by atoms with E-state index in [9.17, 15) is 10.1 Å². The van der Waals surface area contributed by atoms with Gasteiger partial charge in [-0.05, 0) is 43.0 Å². The van der Waals surface area contributed by atoms with E-state index >= 15 is 0 Å². The van der Waals surface area contributed by atoms with E-state index in [1.54, 1.807) is 10.7 Å². The smallest absolute Gasteiger partial charge is 0.224 e. The minimum atomic E-state index is 0.0554. The van der Waals surface area contributed by atoms with Gasteiger partial charge in [0.05, 0.1) is 6.20 Å². The Morgan fingerprint density at radius 3 is 2.86 bits per heavy atom. The molecule has 2 aromatic heterocycles. The van der Waals surface area contributed by atoms with Gasteiger partial charge in [0.25, 0.3) is 0 Å². The average molecular weight is 373 g/mol. The molecular formula is C20H19N7O. The predicted molar refractivity (Wildman–Crippen MR) is 106 cm³/mol. The minimum Gasteiger partial charge on any atom is -0.356 e. The molecule has 0 spiro atoms. The van der Waals surface area contributed by atoms with Crippen molar-refractivity contribution >= 4 is 34.6 Å². The maximum atomic E-state index is 11.6. The van der Waals surface area contributed by atoms with Crippen molar-refractivity contribution in [3.63, 3.8) is 0 Å². The summed E-state index contributed by atoms with van der Waals surface area (Å²) in [7, 11) is 0. The van der Waals surface area contributed by atoms with Crippen LogP contribution in [0.4, 0.5) is 23.0 Å². The van der Waals surface area contributed by atoms with Gasteiger partial charge in [-0.25, -0.2) is 4.98 Å². The first-order valence-corrected chi connectivity index (χ1v) is 9.45. The lowest BCUT2D eigenvalue weighted by Gasteiger charge is -2.20. The first kappa shape index (κ1) is 16.6. The van der Waals surface area contributed by atoms with E-state index < -0.39 is 0 Å². The third-order valence-corrected chi connectivity index (χ3v) is 5.28. The molecule has 2 N–H and O–H groups in total. The van der Waals surface area contributed by atoms with Crippen LogP contribution < -0.4 is 15.5 Å². The summed E-state index contributed by atoms with van der Waals surface area (Å²) < 4.78 is 1.67. The van der Waals surface area contributed by atoms with Crippen LogP contribution in [0.2, 0.25) is 0 Å². The highest BCUT2D eigenvalue weighted by Crippen LogP contribution is 2.29. The number of anilines is 4. The van der Waals surface area contributed by atoms with Crippen molar-refractivity contribution in [3.8, 4) is 6.07 Å². The van der Waals surface area contributed by atoms with Crippen LogP contribution in [0.3, 0.4) is 0 Å². The van der Waals surface area contributed by atoms with E-state index in [2.05, 4.69) is 31.7 Å². The third-order valence-electron chi connectivity index (χ3n) is 5.28. The van der Waals surface area contributed by atoms with Gasteiger partial charge in [0.1, 0.15) is 23.3 Å². The van der Waals surface area contributed by atoms with Crippen molar-refractivity contribution in [1.82, 2.24) is 14.6 Å². The summed E-state index contributed by atoms with van der Waals surface area (Å²) in [5.74, 6) is 1.67. The normalized spacial score (nSPS) is 16.0. The highest BCUT2D eigenvalue weighted by atomic mass is 16.1. The molecule has 4 heterocycles. The van der Waals surface area contributed by atoms with Crippen molar-refractivity contribution in [3.05, 3.63) is 41.6 Å². The predicted octanol–water partition coefficient (Wildman–Crippen LogP) is 2.83. The van der Waals surface area contributed by atoms with Gasteiger partial charge >= 0.3 is 0 Å². The van der Waals surface area contributed by atoms with Gasteiger partial charge in [0, 0.05) is 37.0 Å². The molecule has 2 aliphatic heterocycles. The Hall–Kier alpha value is -3.60. The van der Waals surface area contributed by atoms with Crippen LogP contribution in [-0.4, -0.2) is 33.6 Å². The lowest BCUT2D eigenvalue weighted by Crippen LogP contribution is -2.20. The summed E-state index contributed by atoms with van der Waals surface area (Å²) in [6.07, 6.45) is 5.07. The van der Waals surface area contributed by atoms with Gasteiger partial charge < -0.3 is 15.5 Å². The second-order valence-electron chi connectivity index (χ2n) is 7.14. The molecule has 1 fully saturated rings.